The molecule has 0 bridgehead atoms. The first-order valence-electron chi connectivity index (χ1n) is 6.59. The average Bonchev–Trinajstić information content (AvgIpc) is 2.56. The summed E-state index contributed by atoms with van der Waals surface area (Å²) in [7, 11) is 4.23. The third kappa shape index (κ3) is 4.07. The molecule has 1 N–H and O–H groups in total. The van der Waals surface area contributed by atoms with E-state index in [1.165, 1.54) is 5.69 Å². The van der Waals surface area contributed by atoms with Crippen LogP contribution < -0.4 is 5.32 Å². The van der Waals surface area contributed by atoms with Crippen LogP contribution in [-0.2, 0) is 13.0 Å². The van der Waals surface area contributed by atoms with Crippen molar-refractivity contribution in [2.45, 2.75) is 39.8 Å². The van der Waals surface area contributed by atoms with Crippen LogP contribution in [-0.4, -0.2) is 47.9 Å². The van der Waals surface area contributed by atoms with Gasteiger partial charge in [0.2, 0.25) is 0 Å². The molecule has 0 aliphatic heterocycles. The minimum atomic E-state index is 0.461. The lowest BCUT2D eigenvalue weighted by Gasteiger charge is -2.22. The van der Waals surface area contributed by atoms with Crippen LogP contribution in [0.15, 0.2) is 4.47 Å². The third-order valence-electron chi connectivity index (χ3n) is 2.97. The van der Waals surface area contributed by atoms with Crippen LogP contribution >= 0.6 is 15.9 Å². The van der Waals surface area contributed by atoms with Crippen LogP contribution in [0.25, 0.3) is 0 Å². The van der Waals surface area contributed by atoms with Gasteiger partial charge in [-0.25, -0.2) is 0 Å². The van der Waals surface area contributed by atoms with Crippen LogP contribution in [0.4, 0.5) is 0 Å². The highest BCUT2D eigenvalue weighted by molar-refractivity contribution is 9.10. The van der Waals surface area contributed by atoms with E-state index in [0.29, 0.717) is 6.04 Å². The Kier molecular flexibility index (Phi) is 6.32. The Morgan fingerprint density at radius 1 is 1.39 bits per heavy atom. The second kappa shape index (κ2) is 7.26. The normalized spacial score (nSPS) is 13.3. The molecule has 0 aliphatic rings. The first-order valence-corrected chi connectivity index (χ1v) is 7.38. The maximum atomic E-state index is 4.55. The second-order valence-corrected chi connectivity index (χ2v) is 5.68. The van der Waals surface area contributed by atoms with Crippen molar-refractivity contribution in [3.8, 4) is 0 Å². The van der Waals surface area contributed by atoms with E-state index >= 15 is 0 Å². The minimum absolute atomic E-state index is 0.461. The van der Waals surface area contributed by atoms with Crippen LogP contribution in [0.5, 0.6) is 0 Å². The summed E-state index contributed by atoms with van der Waals surface area (Å²) in [5.41, 5.74) is 2.37. The molecule has 1 unspecified atom stereocenters. The molecule has 18 heavy (non-hydrogen) atoms. The highest BCUT2D eigenvalue weighted by atomic mass is 79.9. The highest BCUT2D eigenvalue weighted by Crippen LogP contribution is 2.22. The maximum Gasteiger partial charge on any atom is 0.0738 e. The van der Waals surface area contributed by atoms with Gasteiger partial charge in [0.25, 0.3) is 0 Å². The zero-order valence-corrected chi connectivity index (χ0v) is 13.7. The van der Waals surface area contributed by atoms with Gasteiger partial charge in [-0.15, -0.1) is 0 Å². The summed E-state index contributed by atoms with van der Waals surface area (Å²) in [6.07, 6.45) is 1.00. The van der Waals surface area contributed by atoms with E-state index in [1.807, 2.05) is 6.92 Å². The van der Waals surface area contributed by atoms with E-state index < -0.39 is 0 Å². The summed E-state index contributed by atoms with van der Waals surface area (Å²) >= 11 is 3.66. The van der Waals surface area contributed by atoms with Gasteiger partial charge in [-0.05, 0) is 50.4 Å². The Labute approximate surface area is 119 Å². The second-order valence-electron chi connectivity index (χ2n) is 4.88. The van der Waals surface area contributed by atoms with Gasteiger partial charge in [0.05, 0.1) is 15.9 Å². The van der Waals surface area contributed by atoms with Gasteiger partial charge < -0.3 is 10.2 Å². The molecule has 0 amide bonds. The van der Waals surface area contributed by atoms with Gasteiger partial charge in [0.1, 0.15) is 0 Å². The van der Waals surface area contributed by atoms with Gasteiger partial charge in [-0.2, -0.15) is 5.10 Å². The van der Waals surface area contributed by atoms with Crippen molar-refractivity contribution >= 4 is 15.9 Å². The fourth-order valence-electron chi connectivity index (χ4n) is 2.23. The quantitative estimate of drug-likeness (QED) is 0.836. The summed E-state index contributed by atoms with van der Waals surface area (Å²) in [6.45, 7) is 9.29. The molecule has 104 valence electrons. The summed E-state index contributed by atoms with van der Waals surface area (Å²) < 4.78 is 3.25. The van der Waals surface area contributed by atoms with Crippen LogP contribution in [0, 0.1) is 6.92 Å². The molecule has 1 rings (SSSR count). The molecule has 0 aromatic carbocycles. The zero-order chi connectivity index (χ0) is 13.7. The molecule has 1 aromatic rings. The molecule has 0 radical (unpaired) electrons. The Bertz CT molecular complexity index is 373. The number of hydrogen-bond donors (Lipinski definition) is 1. The molecule has 0 fully saturated rings. The lowest BCUT2D eigenvalue weighted by molar-refractivity contribution is 0.335. The first kappa shape index (κ1) is 15.7. The fraction of sp³-hybridized carbons (Fsp3) is 0.769. The molecule has 1 atom stereocenters. The molecule has 1 aromatic heterocycles. The van der Waals surface area contributed by atoms with Gasteiger partial charge in [0, 0.05) is 25.6 Å². The van der Waals surface area contributed by atoms with Crippen molar-refractivity contribution in [1.29, 1.82) is 0 Å². The summed E-state index contributed by atoms with van der Waals surface area (Å²) in [4.78, 5) is 2.22. The summed E-state index contributed by atoms with van der Waals surface area (Å²) in [5, 5.41) is 8.10. The van der Waals surface area contributed by atoms with Crippen molar-refractivity contribution in [3.63, 3.8) is 0 Å². The van der Waals surface area contributed by atoms with Crippen molar-refractivity contribution in [2.75, 3.05) is 27.2 Å². The molecule has 5 heteroatoms. The summed E-state index contributed by atoms with van der Waals surface area (Å²) in [6, 6.07) is 0.461. The SMILES string of the molecule is CCNC(Cc1c(Br)c(C)nn1CC)CN(C)C. The molecule has 0 spiro atoms. The minimum Gasteiger partial charge on any atom is -0.313 e. The number of nitrogens with zero attached hydrogens (tertiary/aromatic N) is 3. The van der Waals surface area contributed by atoms with E-state index in [1.54, 1.807) is 0 Å². The van der Waals surface area contributed by atoms with Crippen molar-refractivity contribution in [1.82, 2.24) is 20.0 Å². The smallest absolute Gasteiger partial charge is 0.0738 e. The van der Waals surface area contributed by atoms with Crippen LogP contribution in [0.2, 0.25) is 0 Å². The number of rotatable bonds is 7. The Morgan fingerprint density at radius 3 is 2.56 bits per heavy atom. The van der Waals surface area contributed by atoms with Crippen molar-refractivity contribution < 1.29 is 0 Å². The van der Waals surface area contributed by atoms with Gasteiger partial charge in [-0.3, -0.25) is 4.68 Å². The molecule has 4 nitrogen and oxygen atoms in total. The average molecular weight is 317 g/mol. The molecule has 1 heterocycles. The standard InChI is InChI=1S/C13H25BrN4/c1-6-15-11(9-17(4)5)8-12-13(14)10(3)16-18(12)7-2/h11,15H,6-9H2,1-5H3. The van der Waals surface area contributed by atoms with E-state index in [2.05, 4.69) is 63.9 Å². The first-order chi connectivity index (χ1) is 8.49. The van der Waals surface area contributed by atoms with E-state index in [0.717, 1.165) is 36.2 Å². The fourth-order valence-corrected chi connectivity index (χ4v) is 2.67. The molecule has 0 saturated carbocycles. The number of halogens is 1. The monoisotopic (exact) mass is 316 g/mol. The van der Waals surface area contributed by atoms with E-state index in [9.17, 15) is 0 Å². The maximum absolute atomic E-state index is 4.55. The Balaban J connectivity index is 2.85. The van der Waals surface area contributed by atoms with Gasteiger partial charge >= 0.3 is 0 Å². The summed E-state index contributed by atoms with van der Waals surface area (Å²) in [5.74, 6) is 0. The van der Waals surface area contributed by atoms with Gasteiger partial charge in [0.15, 0.2) is 0 Å². The van der Waals surface area contributed by atoms with E-state index in [-0.39, 0.29) is 0 Å². The number of nitrogens with one attached hydrogen (secondary N) is 1. The molecule has 0 saturated heterocycles. The highest BCUT2D eigenvalue weighted by Gasteiger charge is 2.17. The Morgan fingerprint density at radius 2 is 2.06 bits per heavy atom. The molecular formula is C13H25BrN4. The van der Waals surface area contributed by atoms with Crippen molar-refractivity contribution in [3.05, 3.63) is 15.9 Å². The van der Waals surface area contributed by atoms with E-state index in [4.69, 9.17) is 0 Å². The van der Waals surface area contributed by atoms with Gasteiger partial charge in [-0.1, -0.05) is 6.92 Å². The molecule has 0 aliphatic carbocycles. The largest absolute Gasteiger partial charge is 0.313 e. The zero-order valence-electron chi connectivity index (χ0n) is 12.1. The predicted molar refractivity (Wildman–Crippen MR) is 80.1 cm³/mol. The van der Waals surface area contributed by atoms with Crippen LogP contribution in [0.3, 0.4) is 0 Å². The Hall–Kier alpha value is -0.390. The van der Waals surface area contributed by atoms with Crippen LogP contribution in [0.1, 0.15) is 25.2 Å². The molecular weight excluding hydrogens is 292 g/mol. The lowest BCUT2D eigenvalue weighted by Crippen LogP contribution is -2.40. The predicted octanol–water partition coefficient (Wildman–Crippen LogP) is 2.06. The van der Waals surface area contributed by atoms with Crippen molar-refractivity contribution in [2.24, 2.45) is 0 Å². The number of aromatic nitrogens is 2. The number of likely N-dealkylation sites (N-methyl/N-ethyl adjacent to an activating group) is 2. The topological polar surface area (TPSA) is 33.1 Å². The lowest BCUT2D eigenvalue weighted by atomic mass is 10.1. The number of hydrogen-bond acceptors (Lipinski definition) is 3. The number of aryl methyl sites for hydroxylation is 2. The third-order valence-corrected chi connectivity index (χ3v) is 4.00.